The van der Waals surface area contributed by atoms with Gasteiger partial charge in [0, 0.05) is 18.3 Å². The normalized spacial score (nSPS) is 11.1. The lowest BCUT2D eigenvalue weighted by atomic mass is 10.4. The fraction of sp³-hybridized carbons (Fsp3) is 0.364. The minimum absolute atomic E-state index is 0.129. The molecule has 0 atom stereocenters. The monoisotopic (exact) mass is 234 g/mol. The summed E-state index contributed by atoms with van der Waals surface area (Å²) in [5, 5.41) is 17.2. The maximum Gasteiger partial charge on any atom is 0.205 e. The van der Waals surface area contributed by atoms with Crippen LogP contribution >= 0.6 is 0 Å². The van der Waals surface area contributed by atoms with Crippen molar-refractivity contribution in [2.45, 2.75) is 26.5 Å². The highest BCUT2D eigenvalue weighted by atomic mass is 16.3. The Morgan fingerprint density at radius 1 is 1.47 bits per heavy atom. The number of nitrogens with zero attached hydrogens (tertiary/aromatic N) is 4. The van der Waals surface area contributed by atoms with Gasteiger partial charge in [0.2, 0.25) is 5.43 Å². The molecule has 0 fully saturated rings. The Morgan fingerprint density at radius 3 is 2.82 bits per heavy atom. The lowest BCUT2D eigenvalue weighted by Crippen LogP contribution is -2.15. The van der Waals surface area contributed by atoms with Gasteiger partial charge in [-0.05, 0) is 13.8 Å². The maximum absolute atomic E-state index is 11.3. The number of hydrogen-bond acceptors (Lipinski definition) is 4. The molecule has 6 nitrogen and oxygen atoms in total. The van der Waals surface area contributed by atoms with Crippen molar-refractivity contribution in [3.05, 3.63) is 40.6 Å². The first kappa shape index (κ1) is 11.5. The Bertz CT molecular complexity index is 571. The van der Waals surface area contributed by atoms with E-state index in [2.05, 4.69) is 10.2 Å². The van der Waals surface area contributed by atoms with Crippen molar-refractivity contribution < 1.29 is 5.11 Å². The minimum atomic E-state index is -0.363. The first-order valence-electron chi connectivity index (χ1n) is 5.36. The zero-order valence-corrected chi connectivity index (χ0v) is 9.74. The average Bonchev–Trinajstić information content (AvgIpc) is 2.79. The Hall–Kier alpha value is -1.95. The first-order valence-corrected chi connectivity index (χ1v) is 5.36. The highest BCUT2D eigenvalue weighted by molar-refractivity contribution is 5.24. The Labute approximate surface area is 98.1 Å². The van der Waals surface area contributed by atoms with E-state index in [4.69, 9.17) is 5.11 Å². The second kappa shape index (κ2) is 4.50. The van der Waals surface area contributed by atoms with Gasteiger partial charge in [0.15, 0.2) is 0 Å². The standard InChI is InChI=1S/C11H14N4O2/c1-8(2)15-6-9(5-12-15)14-4-3-11(17)10(7-16)13-14/h3-6,8,16H,7H2,1-2H3. The van der Waals surface area contributed by atoms with Crippen LogP contribution in [0.25, 0.3) is 5.69 Å². The summed E-state index contributed by atoms with van der Waals surface area (Å²) in [4.78, 5) is 11.3. The smallest absolute Gasteiger partial charge is 0.205 e. The molecular formula is C11H14N4O2. The quantitative estimate of drug-likeness (QED) is 0.839. The van der Waals surface area contributed by atoms with Crippen LogP contribution in [0.2, 0.25) is 0 Å². The highest BCUT2D eigenvalue weighted by Gasteiger charge is 2.06. The Balaban J connectivity index is 2.42. The third kappa shape index (κ3) is 2.26. The summed E-state index contributed by atoms with van der Waals surface area (Å²) in [5.74, 6) is 0. The van der Waals surface area contributed by atoms with Crippen molar-refractivity contribution in [2.24, 2.45) is 0 Å². The third-order valence-electron chi connectivity index (χ3n) is 2.41. The van der Waals surface area contributed by atoms with Crippen LogP contribution in [0.4, 0.5) is 0 Å². The molecule has 90 valence electrons. The van der Waals surface area contributed by atoms with E-state index in [1.54, 1.807) is 17.1 Å². The topological polar surface area (TPSA) is 72.9 Å². The van der Waals surface area contributed by atoms with E-state index < -0.39 is 0 Å². The van der Waals surface area contributed by atoms with Crippen molar-refractivity contribution in [1.82, 2.24) is 19.6 Å². The summed E-state index contributed by atoms with van der Waals surface area (Å²) in [6.45, 7) is 3.68. The molecule has 0 saturated carbocycles. The van der Waals surface area contributed by atoms with Gasteiger partial charge < -0.3 is 5.11 Å². The number of aromatic nitrogens is 4. The molecule has 2 aromatic rings. The van der Waals surface area contributed by atoms with Crippen LogP contribution in [-0.4, -0.2) is 24.7 Å². The summed E-state index contributed by atoms with van der Waals surface area (Å²) < 4.78 is 3.33. The van der Waals surface area contributed by atoms with E-state index in [-0.39, 0.29) is 23.8 Å². The lowest BCUT2D eigenvalue weighted by Gasteiger charge is -2.04. The summed E-state index contributed by atoms with van der Waals surface area (Å²) in [6, 6.07) is 1.64. The van der Waals surface area contributed by atoms with Gasteiger partial charge in [-0.2, -0.15) is 10.2 Å². The predicted octanol–water partition coefficient (Wildman–Crippen LogP) is 0.502. The molecule has 1 N–H and O–H groups in total. The van der Waals surface area contributed by atoms with Gasteiger partial charge in [-0.15, -0.1) is 0 Å². The largest absolute Gasteiger partial charge is 0.390 e. The van der Waals surface area contributed by atoms with Crippen LogP contribution < -0.4 is 5.43 Å². The van der Waals surface area contributed by atoms with Crippen LogP contribution in [0.3, 0.4) is 0 Å². The molecule has 0 unspecified atom stereocenters. The molecule has 0 aliphatic heterocycles. The Kier molecular flexibility index (Phi) is 3.06. The zero-order chi connectivity index (χ0) is 12.4. The van der Waals surface area contributed by atoms with E-state index in [0.717, 1.165) is 5.69 Å². The van der Waals surface area contributed by atoms with Gasteiger partial charge in [-0.25, -0.2) is 4.68 Å². The second-order valence-electron chi connectivity index (χ2n) is 4.00. The molecule has 6 heteroatoms. The van der Waals surface area contributed by atoms with Crippen LogP contribution in [0.15, 0.2) is 29.5 Å². The number of aliphatic hydroxyl groups is 1. The van der Waals surface area contributed by atoms with E-state index in [0.29, 0.717) is 0 Å². The van der Waals surface area contributed by atoms with Crippen LogP contribution in [0.1, 0.15) is 25.6 Å². The summed E-state index contributed by atoms with van der Waals surface area (Å²) in [7, 11) is 0. The van der Waals surface area contributed by atoms with Crippen molar-refractivity contribution in [2.75, 3.05) is 0 Å². The molecule has 0 aliphatic rings. The summed E-state index contributed by atoms with van der Waals surface area (Å²) >= 11 is 0. The molecule has 2 aromatic heterocycles. The number of rotatable bonds is 3. The fourth-order valence-corrected chi connectivity index (χ4v) is 1.43. The SMILES string of the molecule is CC(C)n1cc(-n2ccc(=O)c(CO)n2)cn1. The van der Waals surface area contributed by atoms with Crippen molar-refractivity contribution in [3.63, 3.8) is 0 Å². The van der Waals surface area contributed by atoms with Crippen LogP contribution in [0, 0.1) is 0 Å². The van der Waals surface area contributed by atoms with Gasteiger partial charge in [-0.1, -0.05) is 0 Å². The molecule has 0 amide bonds. The molecule has 2 heterocycles. The van der Waals surface area contributed by atoms with E-state index in [1.807, 2.05) is 20.0 Å². The van der Waals surface area contributed by atoms with E-state index >= 15 is 0 Å². The molecular weight excluding hydrogens is 220 g/mol. The van der Waals surface area contributed by atoms with Gasteiger partial charge in [0.05, 0.1) is 19.0 Å². The van der Waals surface area contributed by atoms with Crippen molar-refractivity contribution in [1.29, 1.82) is 0 Å². The zero-order valence-electron chi connectivity index (χ0n) is 9.74. The van der Waals surface area contributed by atoms with Crippen LogP contribution in [-0.2, 0) is 6.61 Å². The highest BCUT2D eigenvalue weighted by Crippen LogP contribution is 2.08. The second-order valence-corrected chi connectivity index (χ2v) is 4.00. The average molecular weight is 234 g/mol. The fourth-order valence-electron chi connectivity index (χ4n) is 1.43. The van der Waals surface area contributed by atoms with Crippen molar-refractivity contribution >= 4 is 0 Å². The predicted molar refractivity (Wildman–Crippen MR) is 61.9 cm³/mol. The Morgan fingerprint density at radius 2 is 2.24 bits per heavy atom. The molecule has 2 rings (SSSR count). The number of aliphatic hydroxyl groups excluding tert-OH is 1. The maximum atomic E-state index is 11.3. The van der Waals surface area contributed by atoms with Crippen LogP contribution in [0.5, 0.6) is 0 Å². The minimum Gasteiger partial charge on any atom is -0.390 e. The lowest BCUT2D eigenvalue weighted by molar-refractivity contribution is 0.273. The van der Waals surface area contributed by atoms with Gasteiger partial charge >= 0.3 is 0 Å². The molecule has 0 spiro atoms. The van der Waals surface area contributed by atoms with Gasteiger partial charge in [-0.3, -0.25) is 9.48 Å². The third-order valence-corrected chi connectivity index (χ3v) is 2.41. The first-order chi connectivity index (χ1) is 8.11. The molecule has 0 radical (unpaired) electrons. The number of hydrogen-bond donors (Lipinski definition) is 1. The molecule has 17 heavy (non-hydrogen) atoms. The van der Waals surface area contributed by atoms with Gasteiger partial charge in [0.25, 0.3) is 0 Å². The van der Waals surface area contributed by atoms with Gasteiger partial charge in [0.1, 0.15) is 11.4 Å². The summed E-state index contributed by atoms with van der Waals surface area (Å²) in [6.07, 6.45) is 5.06. The molecule has 0 aliphatic carbocycles. The molecule has 0 saturated heterocycles. The molecule has 0 bridgehead atoms. The molecule has 0 aromatic carbocycles. The van der Waals surface area contributed by atoms with Crippen molar-refractivity contribution in [3.8, 4) is 5.69 Å². The van der Waals surface area contributed by atoms with E-state index in [9.17, 15) is 4.79 Å². The van der Waals surface area contributed by atoms with E-state index in [1.165, 1.54) is 10.7 Å². The summed E-state index contributed by atoms with van der Waals surface area (Å²) in [5.41, 5.74) is 0.623.